The number of carboxylic acid groups (broad SMARTS) is 1. The van der Waals surface area contributed by atoms with Crippen LogP contribution in [0.1, 0.15) is 42.1 Å². The van der Waals surface area contributed by atoms with Crippen molar-refractivity contribution < 1.29 is 14.6 Å². The lowest BCUT2D eigenvalue weighted by Gasteiger charge is -2.16. The van der Waals surface area contributed by atoms with E-state index in [1.165, 1.54) is 12.4 Å². The van der Waals surface area contributed by atoms with Crippen LogP contribution in [0.3, 0.4) is 0 Å². The Labute approximate surface area is 118 Å². The van der Waals surface area contributed by atoms with Crippen molar-refractivity contribution in [3.63, 3.8) is 0 Å². The zero-order valence-electron chi connectivity index (χ0n) is 11.5. The van der Waals surface area contributed by atoms with E-state index in [1.807, 2.05) is 24.3 Å². The summed E-state index contributed by atoms with van der Waals surface area (Å²) in [6.45, 7) is 4.23. The third kappa shape index (κ3) is 2.96. The summed E-state index contributed by atoms with van der Waals surface area (Å²) in [6, 6.07) is 9.26. The molecule has 0 fully saturated rings. The lowest BCUT2D eigenvalue weighted by molar-refractivity contribution is 0.0693. The molecule has 1 heterocycles. The van der Waals surface area contributed by atoms with Gasteiger partial charge in [0.25, 0.3) is 0 Å². The zero-order chi connectivity index (χ0) is 14.5. The second-order valence-corrected chi connectivity index (χ2v) is 4.63. The van der Waals surface area contributed by atoms with Crippen LogP contribution in [-0.2, 0) is 0 Å². The Kier molecular flexibility index (Phi) is 4.35. The number of aromatic carboxylic acids is 1. The Morgan fingerprint density at radius 2 is 2.05 bits per heavy atom. The predicted molar refractivity (Wildman–Crippen MR) is 76.4 cm³/mol. The Morgan fingerprint density at radius 3 is 2.75 bits per heavy atom. The highest BCUT2D eigenvalue weighted by Gasteiger charge is 2.15. The average molecular weight is 271 g/mol. The van der Waals surface area contributed by atoms with E-state index in [2.05, 4.69) is 18.8 Å². The smallest absolute Gasteiger partial charge is 0.341 e. The maximum atomic E-state index is 11.2. The quantitative estimate of drug-likeness (QED) is 0.890. The molecular formula is C16H17NO3. The maximum absolute atomic E-state index is 11.2. The molecule has 0 aliphatic heterocycles. The van der Waals surface area contributed by atoms with Crippen LogP contribution < -0.4 is 4.74 Å². The highest BCUT2D eigenvalue weighted by molar-refractivity contribution is 5.90. The Hall–Kier alpha value is -2.36. The summed E-state index contributed by atoms with van der Waals surface area (Å²) in [4.78, 5) is 15.0. The van der Waals surface area contributed by atoms with Crippen molar-refractivity contribution >= 4 is 5.97 Å². The summed E-state index contributed by atoms with van der Waals surface area (Å²) < 4.78 is 5.80. The van der Waals surface area contributed by atoms with E-state index in [0.29, 0.717) is 17.4 Å². The lowest BCUT2D eigenvalue weighted by Crippen LogP contribution is -2.02. The fourth-order valence-electron chi connectivity index (χ4n) is 1.95. The zero-order valence-corrected chi connectivity index (χ0v) is 11.5. The van der Waals surface area contributed by atoms with Gasteiger partial charge in [-0.2, -0.15) is 0 Å². The van der Waals surface area contributed by atoms with Gasteiger partial charge >= 0.3 is 5.97 Å². The molecule has 1 aromatic carbocycles. The van der Waals surface area contributed by atoms with E-state index in [-0.39, 0.29) is 5.56 Å². The summed E-state index contributed by atoms with van der Waals surface area (Å²) in [6.07, 6.45) is 3.81. The molecule has 20 heavy (non-hydrogen) atoms. The highest BCUT2D eigenvalue weighted by atomic mass is 16.5. The first kappa shape index (κ1) is 14.1. The highest BCUT2D eigenvalue weighted by Crippen LogP contribution is 2.33. The molecule has 0 saturated carbocycles. The van der Waals surface area contributed by atoms with Crippen LogP contribution in [0.5, 0.6) is 11.5 Å². The molecule has 2 aromatic rings. The van der Waals surface area contributed by atoms with Crippen LogP contribution in [0.4, 0.5) is 0 Å². The minimum Gasteiger partial charge on any atom is -0.477 e. The number of carbonyl (C=O) groups is 1. The van der Waals surface area contributed by atoms with Gasteiger partial charge in [0.15, 0.2) is 0 Å². The SMILES string of the molecule is CCC(C)c1ccccc1Oc1ccncc1C(=O)O. The number of rotatable bonds is 5. The molecule has 0 aliphatic carbocycles. The number of benzene rings is 1. The van der Waals surface area contributed by atoms with Gasteiger partial charge in [0.05, 0.1) is 0 Å². The second-order valence-electron chi connectivity index (χ2n) is 4.63. The van der Waals surface area contributed by atoms with Crippen LogP contribution >= 0.6 is 0 Å². The average Bonchev–Trinajstić information content (AvgIpc) is 2.47. The molecule has 0 saturated heterocycles. The molecule has 0 spiro atoms. The largest absolute Gasteiger partial charge is 0.477 e. The van der Waals surface area contributed by atoms with E-state index in [1.54, 1.807) is 6.07 Å². The number of hydrogen-bond donors (Lipinski definition) is 1. The first-order valence-electron chi connectivity index (χ1n) is 6.57. The minimum atomic E-state index is -1.05. The van der Waals surface area contributed by atoms with Gasteiger partial charge in [-0.15, -0.1) is 0 Å². The molecule has 4 heteroatoms. The molecule has 4 nitrogen and oxygen atoms in total. The molecule has 1 atom stereocenters. The van der Waals surface area contributed by atoms with Gasteiger partial charge < -0.3 is 9.84 Å². The summed E-state index contributed by atoms with van der Waals surface area (Å²) in [5, 5.41) is 9.15. The summed E-state index contributed by atoms with van der Waals surface area (Å²) in [5.74, 6) is 0.300. The van der Waals surface area contributed by atoms with Gasteiger partial charge in [-0.3, -0.25) is 4.98 Å². The number of aromatic nitrogens is 1. The number of para-hydroxylation sites is 1. The van der Waals surface area contributed by atoms with Gasteiger partial charge in [0.2, 0.25) is 0 Å². The van der Waals surface area contributed by atoms with E-state index in [9.17, 15) is 4.79 Å². The number of ether oxygens (including phenoxy) is 1. The first-order chi connectivity index (χ1) is 9.63. The van der Waals surface area contributed by atoms with Gasteiger partial charge in [0.1, 0.15) is 17.1 Å². The molecule has 0 amide bonds. The van der Waals surface area contributed by atoms with Crippen molar-refractivity contribution in [2.45, 2.75) is 26.2 Å². The Morgan fingerprint density at radius 1 is 1.30 bits per heavy atom. The number of hydrogen-bond acceptors (Lipinski definition) is 3. The van der Waals surface area contributed by atoms with Crippen molar-refractivity contribution in [3.8, 4) is 11.5 Å². The van der Waals surface area contributed by atoms with Gasteiger partial charge in [-0.1, -0.05) is 32.0 Å². The predicted octanol–water partition coefficient (Wildman–Crippen LogP) is 4.09. The minimum absolute atomic E-state index is 0.0615. The van der Waals surface area contributed by atoms with Gasteiger partial charge in [0, 0.05) is 18.5 Å². The van der Waals surface area contributed by atoms with Crippen molar-refractivity contribution in [1.82, 2.24) is 4.98 Å². The van der Waals surface area contributed by atoms with E-state index >= 15 is 0 Å². The summed E-state index contributed by atoms with van der Waals surface area (Å²) in [7, 11) is 0. The fourth-order valence-corrected chi connectivity index (χ4v) is 1.95. The van der Waals surface area contributed by atoms with Crippen LogP contribution in [0, 0.1) is 0 Å². The van der Waals surface area contributed by atoms with Gasteiger partial charge in [-0.05, 0) is 24.0 Å². The van der Waals surface area contributed by atoms with Gasteiger partial charge in [-0.25, -0.2) is 4.79 Å². The first-order valence-corrected chi connectivity index (χ1v) is 6.57. The topological polar surface area (TPSA) is 59.4 Å². The summed E-state index contributed by atoms with van der Waals surface area (Å²) in [5.41, 5.74) is 1.13. The standard InChI is InChI=1S/C16H17NO3/c1-3-11(2)12-6-4-5-7-14(12)20-15-8-9-17-10-13(15)16(18)19/h4-11H,3H2,1-2H3,(H,18,19). The molecule has 2 rings (SSSR count). The molecule has 1 aromatic heterocycles. The monoisotopic (exact) mass is 271 g/mol. The molecule has 0 aliphatic rings. The number of carboxylic acids is 1. The van der Waals surface area contributed by atoms with E-state index in [4.69, 9.17) is 9.84 Å². The molecule has 1 N–H and O–H groups in total. The third-order valence-corrected chi connectivity index (χ3v) is 3.29. The van der Waals surface area contributed by atoms with Crippen molar-refractivity contribution in [1.29, 1.82) is 0 Å². The normalized spacial score (nSPS) is 11.9. The molecule has 1 unspecified atom stereocenters. The fraction of sp³-hybridized carbons (Fsp3) is 0.250. The van der Waals surface area contributed by atoms with Crippen LogP contribution in [0.15, 0.2) is 42.7 Å². The third-order valence-electron chi connectivity index (χ3n) is 3.29. The summed E-state index contributed by atoms with van der Waals surface area (Å²) >= 11 is 0. The molecule has 104 valence electrons. The maximum Gasteiger partial charge on any atom is 0.341 e. The van der Waals surface area contributed by atoms with Crippen molar-refractivity contribution in [2.75, 3.05) is 0 Å². The van der Waals surface area contributed by atoms with Crippen LogP contribution in [0.2, 0.25) is 0 Å². The van der Waals surface area contributed by atoms with Crippen LogP contribution in [-0.4, -0.2) is 16.1 Å². The Balaban J connectivity index is 2.38. The molecule has 0 bridgehead atoms. The number of pyridine rings is 1. The molecule has 0 radical (unpaired) electrons. The van der Waals surface area contributed by atoms with Crippen molar-refractivity contribution in [2.24, 2.45) is 0 Å². The molecular weight excluding hydrogens is 254 g/mol. The number of nitrogens with zero attached hydrogens (tertiary/aromatic N) is 1. The second kappa shape index (κ2) is 6.19. The lowest BCUT2D eigenvalue weighted by atomic mass is 9.98. The van der Waals surface area contributed by atoms with Crippen LogP contribution in [0.25, 0.3) is 0 Å². The van der Waals surface area contributed by atoms with Crippen molar-refractivity contribution in [3.05, 3.63) is 53.9 Å². The Bertz CT molecular complexity index is 610. The van der Waals surface area contributed by atoms with E-state index in [0.717, 1.165) is 12.0 Å². The van der Waals surface area contributed by atoms with E-state index < -0.39 is 5.97 Å².